The second kappa shape index (κ2) is 6.32. The van der Waals surface area contributed by atoms with Crippen LogP contribution >= 0.6 is 0 Å². The molecule has 106 valence electrons. The van der Waals surface area contributed by atoms with E-state index in [0.29, 0.717) is 13.0 Å². The summed E-state index contributed by atoms with van der Waals surface area (Å²) in [4.78, 5) is 36.5. The van der Waals surface area contributed by atoms with Crippen molar-refractivity contribution in [3.8, 4) is 0 Å². The highest BCUT2D eigenvalue weighted by atomic mass is 16.4. The average molecular weight is 275 g/mol. The van der Waals surface area contributed by atoms with Crippen LogP contribution in [0.15, 0.2) is 30.3 Å². The molecule has 20 heavy (non-hydrogen) atoms. The fraction of sp³-hybridized carbons (Fsp3) is 0.400. The number of amides is 1. The Morgan fingerprint density at radius 2 is 1.85 bits per heavy atom. The van der Waals surface area contributed by atoms with Crippen LogP contribution in [0.25, 0.3) is 0 Å². The minimum atomic E-state index is -1.04. The van der Waals surface area contributed by atoms with Crippen LogP contribution in [0.1, 0.15) is 24.8 Å². The number of ketones is 1. The van der Waals surface area contributed by atoms with Gasteiger partial charge in [-0.15, -0.1) is 0 Å². The minimum Gasteiger partial charge on any atom is -0.480 e. The summed E-state index contributed by atoms with van der Waals surface area (Å²) in [7, 11) is 0. The molecule has 0 aromatic heterocycles. The molecule has 5 heteroatoms. The van der Waals surface area contributed by atoms with E-state index in [0.717, 1.165) is 18.4 Å². The lowest BCUT2D eigenvalue weighted by Crippen LogP contribution is -2.50. The number of likely N-dealkylation sites (tertiary alicyclic amines) is 1. The third kappa shape index (κ3) is 3.23. The van der Waals surface area contributed by atoms with Gasteiger partial charge in [0.25, 0.3) is 5.91 Å². The van der Waals surface area contributed by atoms with Crippen LogP contribution in [0, 0.1) is 0 Å². The summed E-state index contributed by atoms with van der Waals surface area (Å²) in [6.07, 6.45) is 1.95. The van der Waals surface area contributed by atoms with Crippen molar-refractivity contribution in [2.45, 2.75) is 31.7 Å². The summed E-state index contributed by atoms with van der Waals surface area (Å²) in [5, 5.41) is 9.12. The predicted octanol–water partition coefficient (Wildman–Crippen LogP) is 1.26. The number of benzene rings is 1. The molecule has 0 unspecified atom stereocenters. The molecule has 1 N–H and O–H groups in total. The lowest BCUT2D eigenvalue weighted by molar-refractivity contribution is -0.155. The predicted molar refractivity (Wildman–Crippen MR) is 72.1 cm³/mol. The summed E-state index contributed by atoms with van der Waals surface area (Å²) < 4.78 is 0. The van der Waals surface area contributed by atoms with Gasteiger partial charge in [-0.05, 0) is 24.8 Å². The Morgan fingerprint density at radius 1 is 1.15 bits per heavy atom. The number of carboxylic acids is 1. The van der Waals surface area contributed by atoms with Crippen LogP contribution in [0.3, 0.4) is 0 Å². The van der Waals surface area contributed by atoms with Gasteiger partial charge in [0.15, 0.2) is 0 Å². The third-order valence-corrected chi connectivity index (χ3v) is 3.49. The molecule has 2 rings (SSSR count). The molecule has 0 aliphatic carbocycles. The average Bonchev–Trinajstić information content (AvgIpc) is 2.47. The van der Waals surface area contributed by atoms with E-state index in [9.17, 15) is 14.4 Å². The maximum absolute atomic E-state index is 12.1. The summed E-state index contributed by atoms with van der Waals surface area (Å²) in [6.45, 7) is 0.344. The lowest BCUT2D eigenvalue weighted by atomic mass is 10.0. The number of hydrogen-bond donors (Lipinski definition) is 1. The molecule has 0 bridgehead atoms. The van der Waals surface area contributed by atoms with Crippen LogP contribution in [0.5, 0.6) is 0 Å². The zero-order valence-corrected chi connectivity index (χ0v) is 11.1. The first kappa shape index (κ1) is 14.2. The van der Waals surface area contributed by atoms with Crippen molar-refractivity contribution in [1.82, 2.24) is 4.90 Å². The topological polar surface area (TPSA) is 74.7 Å². The number of nitrogens with zero attached hydrogens (tertiary/aromatic N) is 1. The molecule has 1 heterocycles. The third-order valence-electron chi connectivity index (χ3n) is 3.49. The summed E-state index contributed by atoms with van der Waals surface area (Å²) in [5.41, 5.74) is 0.759. The number of aliphatic carboxylic acids is 1. The molecule has 5 nitrogen and oxygen atoms in total. The standard InChI is InChI=1S/C15H17NO4/c17-13(10-11-6-2-1-3-7-11)14(18)16-9-5-4-8-12(16)15(19)20/h1-3,6-7,12H,4-5,8-10H2,(H,19,20)/t12-/m0/s1. The zero-order chi connectivity index (χ0) is 14.5. The van der Waals surface area contributed by atoms with E-state index in [2.05, 4.69) is 0 Å². The van der Waals surface area contributed by atoms with Gasteiger partial charge in [0, 0.05) is 13.0 Å². The lowest BCUT2D eigenvalue weighted by Gasteiger charge is -2.32. The molecule has 1 aromatic rings. The van der Waals surface area contributed by atoms with E-state index in [1.807, 2.05) is 6.07 Å². The molecule has 1 fully saturated rings. The van der Waals surface area contributed by atoms with Crippen LogP contribution in [-0.4, -0.2) is 40.3 Å². The van der Waals surface area contributed by atoms with Gasteiger partial charge >= 0.3 is 5.97 Å². The van der Waals surface area contributed by atoms with Crippen molar-refractivity contribution < 1.29 is 19.5 Å². The molecule has 1 saturated heterocycles. The quantitative estimate of drug-likeness (QED) is 0.840. The van der Waals surface area contributed by atoms with Gasteiger partial charge in [-0.3, -0.25) is 9.59 Å². The molecular weight excluding hydrogens is 258 g/mol. The SMILES string of the molecule is O=C(Cc1ccccc1)C(=O)N1CCCC[C@H]1C(=O)O. The number of hydrogen-bond acceptors (Lipinski definition) is 3. The van der Waals surface area contributed by atoms with Crippen molar-refractivity contribution in [2.75, 3.05) is 6.54 Å². The summed E-state index contributed by atoms with van der Waals surface area (Å²) >= 11 is 0. The molecule has 1 atom stereocenters. The van der Waals surface area contributed by atoms with Crippen LogP contribution in [0.2, 0.25) is 0 Å². The Hall–Kier alpha value is -2.17. The Balaban J connectivity index is 2.05. The Labute approximate surface area is 117 Å². The van der Waals surface area contributed by atoms with Crippen molar-refractivity contribution in [3.63, 3.8) is 0 Å². The fourth-order valence-electron chi connectivity index (χ4n) is 2.45. The highest BCUT2D eigenvalue weighted by molar-refractivity contribution is 6.36. The number of carbonyl (C=O) groups excluding carboxylic acids is 2. The van der Waals surface area contributed by atoms with E-state index < -0.39 is 23.7 Å². The van der Waals surface area contributed by atoms with Crippen molar-refractivity contribution in [1.29, 1.82) is 0 Å². The number of Topliss-reactive ketones (excluding diaryl/α,β-unsaturated/α-hetero) is 1. The number of rotatable bonds is 4. The maximum atomic E-state index is 12.1. The normalized spacial score (nSPS) is 18.6. The molecule has 1 aliphatic rings. The second-order valence-electron chi connectivity index (χ2n) is 4.93. The van der Waals surface area contributed by atoms with Gasteiger partial charge in [-0.1, -0.05) is 30.3 Å². The second-order valence-corrected chi connectivity index (χ2v) is 4.93. The molecule has 0 saturated carbocycles. The highest BCUT2D eigenvalue weighted by Gasteiger charge is 2.34. The van der Waals surface area contributed by atoms with E-state index in [-0.39, 0.29) is 6.42 Å². The first-order valence-corrected chi connectivity index (χ1v) is 6.70. The van der Waals surface area contributed by atoms with Crippen molar-refractivity contribution in [3.05, 3.63) is 35.9 Å². The smallest absolute Gasteiger partial charge is 0.326 e. The fourth-order valence-corrected chi connectivity index (χ4v) is 2.45. The van der Waals surface area contributed by atoms with Gasteiger partial charge in [-0.2, -0.15) is 0 Å². The minimum absolute atomic E-state index is 0.0164. The van der Waals surface area contributed by atoms with E-state index in [1.165, 1.54) is 4.90 Å². The van der Waals surface area contributed by atoms with Gasteiger partial charge in [0.2, 0.25) is 5.78 Å². The van der Waals surface area contributed by atoms with E-state index >= 15 is 0 Å². The van der Waals surface area contributed by atoms with Crippen molar-refractivity contribution >= 4 is 17.7 Å². The highest BCUT2D eigenvalue weighted by Crippen LogP contribution is 2.18. The Kier molecular flexibility index (Phi) is 4.50. The number of piperidine rings is 1. The number of carbonyl (C=O) groups is 3. The Bertz CT molecular complexity index is 512. The first-order chi connectivity index (χ1) is 9.59. The monoisotopic (exact) mass is 275 g/mol. The Morgan fingerprint density at radius 3 is 2.50 bits per heavy atom. The first-order valence-electron chi connectivity index (χ1n) is 6.70. The molecule has 1 amide bonds. The summed E-state index contributed by atoms with van der Waals surface area (Å²) in [5.74, 6) is -2.27. The van der Waals surface area contributed by atoms with Gasteiger partial charge in [0.05, 0.1) is 0 Å². The molecule has 0 spiro atoms. The summed E-state index contributed by atoms with van der Waals surface area (Å²) in [6, 6.07) is 8.12. The van der Waals surface area contributed by atoms with Gasteiger partial charge in [-0.25, -0.2) is 4.79 Å². The maximum Gasteiger partial charge on any atom is 0.326 e. The van der Waals surface area contributed by atoms with Crippen LogP contribution < -0.4 is 0 Å². The van der Waals surface area contributed by atoms with Gasteiger partial charge < -0.3 is 10.0 Å². The van der Waals surface area contributed by atoms with Crippen molar-refractivity contribution in [2.24, 2.45) is 0 Å². The van der Waals surface area contributed by atoms with Gasteiger partial charge in [0.1, 0.15) is 6.04 Å². The molecule has 0 radical (unpaired) electrons. The number of carboxylic acid groups (broad SMARTS) is 1. The molecular formula is C15H17NO4. The molecule has 1 aliphatic heterocycles. The van der Waals surface area contributed by atoms with Crippen LogP contribution in [-0.2, 0) is 20.8 Å². The molecule has 1 aromatic carbocycles. The zero-order valence-electron chi connectivity index (χ0n) is 11.1. The van der Waals surface area contributed by atoms with E-state index in [4.69, 9.17) is 5.11 Å². The van der Waals surface area contributed by atoms with Crippen LogP contribution in [0.4, 0.5) is 0 Å². The largest absolute Gasteiger partial charge is 0.480 e. The van der Waals surface area contributed by atoms with E-state index in [1.54, 1.807) is 24.3 Å².